The predicted octanol–water partition coefficient (Wildman–Crippen LogP) is 2.94. The van der Waals surface area contributed by atoms with Crippen LogP contribution in [0.3, 0.4) is 0 Å². The zero-order valence-corrected chi connectivity index (χ0v) is 13.9. The second-order valence-corrected chi connectivity index (χ2v) is 6.46. The van der Waals surface area contributed by atoms with Crippen LogP contribution in [-0.2, 0) is 11.2 Å². The molecule has 0 aliphatic carbocycles. The quantitative estimate of drug-likeness (QED) is 0.800. The lowest BCUT2D eigenvalue weighted by Gasteiger charge is -2.19. The van der Waals surface area contributed by atoms with Crippen molar-refractivity contribution >= 4 is 22.7 Å². The van der Waals surface area contributed by atoms with Crippen molar-refractivity contribution in [2.75, 3.05) is 11.9 Å². The zero-order valence-electron chi connectivity index (χ0n) is 13.9. The van der Waals surface area contributed by atoms with Gasteiger partial charge in [0, 0.05) is 12.2 Å². The van der Waals surface area contributed by atoms with Crippen LogP contribution in [0.4, 0.5) is 15.0 Å². The summed E-state index contributed by atoms with van der Waals surface area (Å²) in [5.74, 6) is -0.323. The van der Waals surface area contributed by atoms with Crippen LogP contribution in [0.25, 0.3) is 10.8 Å². The summed E-state index contributed by atoms with van der Waals surface area (Å²) in [6, 6.07) is 4.29. The summed E-state index contributed by atoms with van der Waals surface area (Å²) in [5, 5.41) is 12.1. The van der Waals surface area contributed by atoms with Crippen molar-refractivity contribution in [2.24, 2.45) is 0 Å². The molecule has 0 aliphatic rings. The first-order valence-corrected chi connectivity index (χ1v) is 7.66. The molecule has 2 aromatic rings. The maximum absolute atomic E-state index is 14.0. The largest absolute Gasteiger partial charge is 0.444 e. The lowest BCUT2D eigenvalue weighted by atomic mass is 10.0. The van der Waals surface area contributed by atoms with Crippen molar-refractivity contribution in [1.82, 2.24) is 4.98 Å². The molecule has 0 bridgehead atoms. The van der Waals surface area contributed by atoms with Crippen molar-refractivity contribution in [3.8, 4) is 0 Å². The second-order valence-electron chi connectivity index (χ2n) is 6.46. The molecule has 0 saturated carbocycles. The van der Waals surface area contributed by atoms with Crippen LogP contribution in [0.1, 0.15) is 32.8 Å². The maximum atomic E-state index is 14.0. The van der Waals surface area contributed by atoms with Crippen LogP contribution >= 0.6 is 0 Å². The van der Waals surface area contributed by atoms with E-state index in [-0.39, 0.29) is 29.8 Å². The first kappa shape index (κ1) is 17.9. The highest BCUT2D eigenvalue weighted by molar-refractivity contribution is 5.90. The molecule has 1 aromatic heterocycles. The molecular formula is C17H21FN2O4. The fourth-order valence-electron chi connectivity index (χ4n) is 2.39. The van der Waals surface area contributed by atoms with Gasteiger partial charge in [0.25, 0.3) is 5.56 Å². The third-order valence-corrected chi connectivity index (χ3v) is 3.28. The molecular weight excluding hydrogens is 315 g/mol. The number of aromatic amines is 1. The molecule has 2 rings (SSSR count). The van der Waals surface area contributed by atoms with Gasteiger partial charge < -0.3 is 14.8 Å². The average molecular weight is 336 g/mol. The molecule has 0 fully saturated rings. The third-order valence-electron chi connectivity index (χ3n) is 3.28. The van der Waals surface area contributed by atoms with Gasteiger partial charge in [-0.2, -0.15) is 0 Å². The number of carbonyl (C=O) groups excluding carboxylic acids is 1. The van der Waals surface area contributed by atoms with E-state index in [9.17, 15) is 14.0 Å². The van der Waals surface area contributed by atoms with Gasteiger partial charge in [0.15, 0.2) is 0 Å². The Morgan fingerprint density at radius 3 is 2.71 bits per heavy atom. The van der Waals surface area contributed by atoms with Crippen molar-refractivity contribution < 1.29 is 19.0 Å². The highest BCUT2D eigenvalue weighted by Crippen LogP contribution is 2.22. The van der Waals surface area contributed by atoms with E-state index >= 15 is 0 Å². The molecule has 6 nitrogen and oxygen atoms in total. The molecule has 1 amide bonds. The molecule has 24 heavy (non-hydrogen) atoms. The van der Waals surface area contributed by atoms with Gasteiger partial charge >= 0.3 is 6.09 Å². The Morgan fingerprint density at radius 2 is 2.08 bits per heavy atom. The van der Waals surface area contributed by atoms with E-state index in [0.717, 1.165) is 0 Å². The highest BCUT2D eigenvalue weighted by atomic mass is 19.1. The number of hydrogen-bond donors (Lipinski definition) is 3. The molecule has 0 aliphatic heterocycles. The molecule has 1 heterocycles. The van der Waals surface area contributed by atoms with Crippen LogP contribution in [-0.4, -0.2) is 28.4 Å². The smallest absolute Gasteiger partial charge is 0.413 e. The van der Waals surface area contributed by atoms with Crippen molar-refractivity contribution in [1.29, 1.82) is 0 Å². The van der Waals surface area contributed by atoms with E-state index in [1.807, 2.05) is 0 Å². The maximum Gasteiger partial charge on any atom is 0.413 e. The number of anilines is 1. The zero-order chi connectivity index (χ0) is 17.9. The van der Waals surface area contributed by atoms with Crippen molar-refractivity contribution in [3.05, 3.63) is 39.9 Å². The van der Waals surface area contributed by atoms with E-state index in [4.69, 9.17) is 9.84 Å². The van der Waals surface area contributed by atoms with Gasteiger partial charge in [-0.1, -0.05) is 6.07 Å². The lowest BCUT2D eigenvalue weighted by molar-refractivity contribution is 0.0635. The average Bonchev–Trinajstić information content (AvgIpc) is 2.44. The fraction of sp³-hybridized carbons (Fsp3) is 0.412. The second kappa shape index (κ2) is 7.00. The van der Waals surface area contributed by atoms with Crippen LogP contribution in [0.5, 0.6) is 0 Å². The molecule has 0 saturated heterocycles. The number of aryl methyl sites for hydroxylation is 1. The summed E-state index contributed by atoms with van der Waals surface area (Å²) < 4.78 is 19.1. The van der Waals surface area contributed by atoms with Crippen molar-refractivity contribution in [3.63, 3.8) is 0 Å². The third kappa shape index (κ3) is 4.32. The Hall–Kier alpha value is -2.41. The van der Waals surface area contributed by atoms with Gasteiger partial charge in [0.1, 0.15) is 17.2 Å². The topological polar surface area (TPSA) is 91.4 Å². The number of halogens is 1. The summed E-state index contributed by atoms with van der Waals surface area (Å²) in [7, 11) is 0. The van der Waals surface area contributed by atoms with E-state index < -0.39 is 23.1 Å². The molecule has 130 valence electrons. The first-order valence-electron chi connectivity index (χ1n) is 7.66. The number of rotatable bonds is 4. The minimum Gasteiger partial charge on any atom is -0.444 e. The van der Waals surface area contributed by atoms with E-state index in [1.54, 1.807) is 26.8 Å². The summed E-state index contributed by atoms with van der Waals surface area (Å²) >= 11 is 0. The van der Waals surface area contributed by atoms with Crippen LogP contribution < -0.4 is 10.9 Å². The van der Waals surface area contributed by atoms with Gasteiger partial charge in [0.05, 0.1) is 5.39 Å². The van der Waals surface area contributed by atoms with Gasteiger partial charge in [-0.15, -0.1) is 0 Å². The summed E-state index contributed by atoms with van der Waals surface area (Å²) in [5.41, 5.74) is -0.917. The molecule has 0 spiro atoms. The molecule has 3 N–H and O–H groups in total. The van der Waals surface area contributed by atoms with Gasteiger partial charge in [0.2, 0.25) is 0 Å². The SMILES string of the molecule is CC(C)(C)OC(=O)Nc1cc2ccc(F)c(CCCO)c2c(=O)[nH]1. The highest BCUT2D eigenvalue weighted by Gasteiger charge is 2.17. The Labute approximate surface area is 138 Å². The Morgan fingerprint density at radius 1 is 1.38 bits per heavy atom. The molecule has 0 atom stereocenters. The monoisotopic (exact) mass is 336 g/mol. The summed E-state index contributed by atoms with van der Waals surface area (Å²) in [6.07, 6.45) is -0.0882. The molecule has 7 heteroatoms. The number of carbonyl (C=O) groups is 1. The number of fused-ring (bicyclic) bond motifs is 1. The number of aliphatic hydroxyl groups excluding tert-OH is 1. The van der Waals surface area contributed by atoms with Gasteiger partial charge in [-0.05, 0) is 51.1 Å². The summed E-state index contributed by atoms with van der Waals surface area (Å²) in [6.45, 7) is 5.09. The van der Waals surface area contributed by atoms with Gasteiger partial charge in [-0.25, -0.2) is 9.18 Å². The van der Waals surface area contributed by atoms with E-state index in [2.05, 4.69) is 10.3 Å². The minimum atomic E-state index is -0.694. The number of H-pyrrole nitrogens is 1. The Bertz CT molecular complexity index is 809. The standard InChI is InChI=1S/C17H21FN2O4/c1-17(2,3)24-16(23)20-13-9-10-6-7-12(18)11(5-4-8-21)14(10)15(22)19-13/h6-7,9,21H,4-5,8H2,1-3H3,(H2,19,20,22,23). The Kier molecular flexibility index (Phi) is 5.23. The number of amides is 1. The van der Waals surface area contributed by atoms with E-state index in [0.29, 0.717) is 11.8 Å². The number of nitrogens with one attached hydrogen (secondary N) is 2. The minimum absolute atomic E-state index is 0.0913. The number of pyridine rings is 1. The number of ether oxygens (including phenoxy) is 1. The number of hydrogen-bond acceptors (Lipinski definition) is 4. The first-order chi connectivity index (χ1) is 11.2. The van der Waals surface area contributed by atoms with Crippen LogP contribution in [0.15, 0.2) is 23.0 Å². The van der Waals surface area contributed by atoms with Crippen LogP contribution in [0.2, 0.25) is 0 Å². The fourth-order valence-corrected chi connectivity index (χ4v) is 2.39. The molecule has 0 unspecified atom stereocenters. The van der Waals surface area contributed by atoms with Crippen LogP contribution in [0, 0.1) is 5.82 Å². The predicted molar refractivity (Wildman–Crippen MR) is 89.8 cm³/mol. The molecule has 1 aromatic carbocycles. The van der Waals surface area contributed by atoms with Crippen molar-refractivity contribution in [2.45, 2.75) is 39.2 Å². The summed E-state index contributed by atoms with van der Waals surface area (Å²) in [4.78, 5) is 26.6. The lowest BCUT2D eigenvalue weighted by Crippen LogP contribution is -2.28. The normalized spacial score (nSPS) is 11.5. The Balaban J connectivity index is 2.39. The number of benzene rings is 1. The molecule has 0 radical (unpaired) electrons. The van der Waals surface area contributed by atoms with Gasteiger partial charge in [-0.3, -0.25) is 10.1 Å². The number of aliphatic hydroxyl groups is 1. The van der Waals surface area contributed by atoms with E-state index in [1.165, 1.54) is 12.1 Å². The number of aromatic nitrogens is 1.